The molecule has 1 aliphatic rings. The smallest absolute Gasteiger partial charge is 0.255 e. The van der Waals surface area contributed by atoms with Crippen molar-refractivity contribution < 1.29 is 0 Å². The number of anilines is 1. The number of piperidine rings is 1. The van der Waals surface area contributed by atoms with E-state index in [9.17, 15) is 4.79 Å². The fourth-order valence-electron chi connectivity index (χ4n) is 3.04. The van der Waals surface area contributed by atoms with Crippen molar-refractivity contribution >= 4 is 11.6 Å². The highest BCUT2D eigenvalue weighted by Gasteiger charge is 2.15. The maximum Gasteiger partial charge on any atom is 0.255 e. The number of aliphatic imine (C=N–C) groups is 1. The first-order valence-electron chi connectivity index (χ1n) is 8.92. The second kappa shape index (κ2) is 8.01. The molecule has 132 valence electrons. The van der Waals surface area contributed by atoms with Crippen LogP contribution in [-0.2, 0) is 13.6 Å². The SMILES string of the molecule is Cc1ccc(CN=C(Nc2ccccc2)N2CCCCC2)c(=O)n1C. The van der Waals surface area contributed by atoms with Crippen LogP contribution >= 0.6 is 0 Å². The predicted octanol–water partition coefficient (Wildman–Crippen LogP) is 3.15. The molecule has 1 saturated heterocycles. The third kappa shape index (κ3) is 4.29. The summed E-state index contributed by atoms with van der Waals surface area (Å²) in [5, 5.41) is 3.43. The molecule has 5 nitrogen and oxygen atoms in total. The Labute approximate surface area is 149 Å². The molecule has 1 aliphatic heterocycles. The van der Waals surface area contributed by atoms with Crippen molar-refractivity contribution in [3.63, 3.8) is 0 Å². The van der Waals surface area contributed by atoms with Crippen LogP contribution in [0, 0.1) is 6.92 Å². The van der Waals surface area contributed by atoms with Gasteiger partial charge < -0.3 is 14.8 Å². The summed E-state index contributed by atoms with van der Waals surface area (Å²) < 4.78 is 1.68. The Bertz CT molecular complexity index is 789. The van der Waals surface area contributed by atoms with Gasteiger partial charge in [-0.3, -0.25) is 4.79 Å². The number of nitrogens with zero attached hydrogens (tertiary/aromatic N) is 3. The van der Waals surface area contributed by atoms with Gasteiger partial charge in [0.15, 0.2) is 5.96 Å². The molecular formula is C20H26N4O. The summed E-state index contributed by atoms with van der Waals surface area (Å²) in [6, 6.07) is 13.9. The van der Waals surface area contributed by atoms with Crippen LogP contribution in [-0.4, -0.2) is 28.5 Å². The largest absolute Gasteiger partial charge is 0.343 e. The van der Waals surface area contributed by atoms with Gasteiger partial charge in [-0.15, -0.1) is 0 Å². The molecule has 0 atom stereocenters. The Hall–Kier alpha value is -2.56. The molecule has 1 fully saturated rings. The number of pyridine rings is 1. The van der Waals surface area contributed by atoms with Gasteiger partial charge in [0.25, 0.3) is 5.56 Å². The fourth-order valence-corrected chi connectivity index (χ4v) is 3.04. The van der Waals surface area contributed by atoms with Crippen molar-refractivity contribution in [1.29, 1.82) is 0 Å². The summed E-state index contributed by atoms with van der Waals surface area (Å²) in [7, 11) is 1.80. The van der Waals surface area contributed by atoms with Crippen molar-refractivity contribution in [1.82, 2.24) is 9.47 Å². The fraction of sp³-hybridized carbons (Fsp3) is 0.400. The van der Waals surface area contributed by atoms with Gasteiger partial charge in [0, 0.05) is 37.1 Å². The molecule has 2 aromatic rings. The van der Waals surface area contributed by atoms with Gasteiger partial charge in [-0.1, -0.05) is 18.2 Å². The van der Waals surface area contributed by atoms with E-state index in [1.165, 1.54) is 19.3 Å². The van der Waals surface area contributed by atoms with Crippen molar-refractivity contribution in [2.24, 2.45) is 12.0 Å². The lowest BCUT2D eigenvalue weighted by Gasteiger charge is -2.30. The third-order valence-electron chi connectivity index (χ3n) is 4.72. The summed E-state index contributed by atoms with van der Waals surface area (Å²) in [5.41, 5.74) is 2.72. The zero-order valence-electron chi connectivity index (χ0n) is 15.0. The van der Waals surface area contributed by atoms with E-state index in [2.05, 4.69) is 10.2 Å². The van der Waals surface area contributed by atoms with E-state index in [1.54, 1.807) is 11.6 Å². The molecule has 1 N–H and O–H groups in total. The van der Waals surface area contributed by atoms with E-state index in [0.717, 1.165) is 36.0 Å². The van der Waals surface area contributed by atoms with E-state index in [4.69, 9.17) is 4.99 Å². The van der Waals surface area contributed by atoms with Gasteiger partial charge in [0.05, 0.1) is 6.54 Å². The van der Waals surface area contributed by atoms with Gasteiger partial charge in [-0.05, 0) is 50.5 Å². The van der Waals surface area contributed by atoms with Crippen LogP contribution in [0.3, 0.4) is 0 Å². The van der Waals surface area contributed by atoms with Crippen molar-refractivity contribution in [2.75, 3.05) is 18.4 Å². The predicted molar refractivity (Wildman–Crippen MR) is 103 cm³/mol. The zero-order valence-corrected chi connectivity index (χ0v) is 15.0. The van der Waals surface area contributed by atoms with Crippen LogP contribution in [0.5, 0.6) is 0 Å². The lowest BCUT2D eigenvalue weighted by atomic mass is 10.1. The van der Waals surface area contributed by atoms with Crippen LogP contribution in [0.15, 0.2) is 52.3 Å². The lowest BCUT2D eigenvalue weighted by Crippen LogP contribution is -2.40. The minimum atomic E-state index is 0.0291. The molecule has 25 heavy (non-hydrogen) atoms. The Morgan fingerprint density at radius 3 is 2.52 bits per heavy atom. The Kier molecular flexibility index (Phi) is 5.53. The van der Waals surface area contributed by atoms with Crippen LogP contribution in [0.25, 0.3) is 0 Å². The van der Waals surface area contributed by atoms with Crippen molar-refractivity contribution in [3.8, 4) is 0 Å². The lowest BCUT2D eigenvalue weighted by molar-refractivity contribution is 0.340. The number of hydrogen-bond donors (Lipinski definition) is 1. The van der Waals surface area contributed by atoms with Gasteiger partial charge in [0.1, 0.15) is 0 Å². The average Bonchev–Trinajstić information content (AvgIpc) is 2.66. The van der Waals surface area contributed by atoms with Crippen LogP contribution in [0.2, 0.25) is 0 Å². The van der Waals surface area contributed by atoms with Gasteiger partial charge in [-0.2, -0.15) is 0 Å². The molecular weight excluding hydrogens is 312 g/mol. The Balaban J connectivity index is 1.84. The van der Waals surface area contributed by atoms with Crippen LogP contribution < -0.4 is 10.9 Å². The molecule has 0 spiro atoms. The Morgan fingerprint density at radius 2 is 1.80 bits per heavy atom. The summed E-state index contributed by atoms with van der Waals surface area (Å²) in [5.74, 6) is 0.855. The van der Waals surface area contributed by atoms with Gasteiger partial charge in [-0.25, -0.2) is 4.99 Å². The highest BCUT2D eigenvalue weighted by Crippen LogP contribution is 2.13. The van der Waals surface area contributed by atoms with E-state index in [-0.39, 0.29) is 5.56 Å². The molecule has 0 aliphatic carbocycles. The van der Waals surface area contributed by atoms with Crippen LogP contribution in [0.1, 0.15) is 30.5 Å². The Morgan fingerprint density at radius 1 is 1.08 bits per heavy atom. The molecule has 1 aromatic heterocycles. The number of aryl methyl sites for hydroxylation is 1. The normalized spacial score (nSPS) is 15.3. The molecule has 5 heteroatoms. The van der Waals surface area contributed by atoms with E-state index >= 15 is 0 Å². The quantitative estimate of drug-likeness (QED) is 0.691. The molecule has 0 amide bonds. The average molecular weight is 338 g/mol. The number of nitrogens with one attached hydrogen (secondary N) is 1. The minimum absolute atomic E-state index is 0.0291. The molecule has 0 saturated carbocycles. The third-order valence-corrected chi connectivity index (χ3v) is 4.72. The molecule has 0 bridgehead atoms. The van der Waals surface area contributed by atoms with Crippen molar-refractivity contribution in [2.45, 2.75) is 32.7 Å². The second-order valence-electron chi connectivity index (χ2n) is 6.54. The first-order valence-corrected chi connectivity index (χ1v) is 8.92. The molecule has 0 radical (unpaired) electrons. The molecule has 3 rings (SSSR count). The monoisotopic (exact) mass is 338 g/mol. The molecule has 1 aromatic carbocycles. The highest BCUT2D eigenvalue weighted by molar-refractivity contribution is 5.93. The maximum absolute atomic E-state index is 12.4. The number of para-hydroxylation sites is 1. The molecule has 0 unspecified atom stereocenters. The van der Waals surface area contributed by atoms with E-state index in [0.29, 0.717) is 6.54 Å². The first-order chi connectivity index (χ1) is 12.1. The van der Waals surface area contributed by atoms with Crippen LogP contribution in [0.4, 0.5) is 5.69 Å². The first kappa shape index (κ1) is 17.3. The van der Waals surface area contributed by atoms with Gasteiger partial charge >= 0.3 is 0 Å². The number of benzene rings is 1. The molecule has 2 heterocycles. The zero-order chi connectivity index (χ0) is 17.6. The standard InChI is InChI=1S/C20H26N4O/c1-16-11-12-17(19(25)23(16)2)15-21-20(24-13-7-4-8-14-24)22-18-9-5-3-6-10-18/h3,5-6,9-12H,4,7-8,13-15H2,1-2H3,(H,21,22). The number of rotatable bonds is 3. The number of aromatic nitrogens is 1. The number of likely N-dealkylation sites (tertiary alicyclic amines) is 1. The minimum Gasteiger partial charge on any atom is -0.343 e. The summed E-state index contributed by atoms with van der Waals surface area (Å²) in [6.07, 6.45) is 3.64. The van der Waals surface area contributed by atoms with Crippen molar-refractivity contribution in [3.05, 3.63) is 64.1 Å². The van der Waals surface area contributed by atoms with E-state index in [1.807, 2.05) is 49.4 Å². The van der Waals surface area contributed by atoms with E-state index < -0.39 is 0 Å². The highest BCUT2D eigenvalue weighted by atomic mass is 16.1. The maximum atomic E-state index is 12.4. The van der Waals surface area contributed by atoms with Gasteiger partial charge in [0.2, 0.25) is 0 Å². The topological polar surface area (TPSA) is 49.6 Å². The summed E-state index contributed by atoms with van der Waals surface area (Å²) in [4.78, 5) is 19.4. The number of guanidine groups is 1. The number of hydrogen-bond acceptors (Lipinski definition) is 2. The summed E-state index contributed by atoms with van der Waals surface area (Å²) >= 11 is 0. The second-order valence-corrected chi connectivity index (χ2v) is 6.54. The summed E-state index contributed by atoms with van der Waals surface area (Å²) in [6.45, 7) is 4.33.